The van der Waals surface area contributed by atoms with Crippen LogP contribution in [0, 0.1) is 10.1 Å². The van der Waals surface area contributed by atoms with E-state index in [0.717, 1.165) is 0 Å². The van der Waals surface area contributed by atoms with E-state index >= 15 is 0 Å². The fourth-order valence-electron chi connectivity index (χ4n) is 0. The maximum absolute atomic E-state index is 8.36. The highest BCUT2D eigenvalue weighted by Gasteiger charge is 1.65. The Labute approximate surface area is 21.8 Å². The van der Waals surface area contributed by atoms with Gasteiger partial charge in [-0.15, -0.1) is 10.1 Å². The molecule has 0 radical (unpaired) electrons. The molecule has 0 fully saturated rings. The molecule has 0 bridgehead atoms. The number of nitrogens with zero attached hydrogens (tertiary/aromatic N) is 1. The van der Waals surface area contributed by atoms with E-state index in [1.807, 2.05) is 0 Å². The Morgan fingerprint density at radius 3 is 2.00 bits per heavy atom. The van der Waals surface area contributed by atoms with E-state index in [9.17, 15) is 0 Å². The van der Waals surface area contributed by atoms with Gasteiger partial charge in [-0.2, -0.15) is 0 Å². The van der Waals surface area contributed by atoms with Crippen LogP contribution in [0.1, 0.15) is 0 Å². The van der Waals surface area contributed by atoms with Crippen LogP contribution in [0.5, 0.6) is 0 Å². The van der Waals surface area contributed by atoms with Crippen molar-refractivity contribution in [3.8, 4) is 0 Å². The van der Waals surface area contributed by atoms with Gasteiger partial charge in [0.2, 0.25) is 0 Å². The van der Waals surface area contributed by atoms with Gasteiger partial charge in [0, 0.05) is 0 Å². The lowest BCUT2D eigenvalue weighted by Crippen LogP contribution is -1.81. The quantitative estimate of drug-likeness (QED) is 0.240. The summed E-state index contributed by atoms with van der Waals surface area (Å²) in [4.78, 5) is 8.36. The molecule has 0 saturated carbocycles. The molecule has 0 aliphatic rings. The zero-order chi connectivity index (χ0) is 3.58. The number of rotatable bonds is 0. The molecule has 0 aliphatic carbocycles. The minimum atomic E-state index is -1.50. The van der Waals surface area contributed by atoms with E-state index < -0.39 is 5.09 Å². The van der Waals surface area contributed by atoms with Gasteiger partial charge in [0.05, 0.1) is 0 Å². The second kappa shape index (κ2) is 0.655. The lowest BCUT2D eigenvalue weighted by atomic mass is 13.5. The summed E-state index contributed by atoms with van der Waals surface area (Å²) in [6.45, 7) is 0. The Hall–Kier alpha value is -0.800. The number of hydrogen-bond acceptors (Lipinski definition) is 2. The first-order chi connectivity index (χ1) is 1.73. The molecular weight excluding hydrogens is 68.0 g/mol. The van der Waals surface area contributed by atoms with E-state index in [4.69, 9.17) is 15.3 Å². The fourth-order valence-corrected chi connectivity index (χ4v) is 0. The molecule has 0 aliphatic heterocycles. The van der Waals surface area contributed by atoms with Crippen LogP contribution < -0.4 is 0 Å². The molecule has 0 heterocycles. The third-order valence-electron chi connectivity index (χ3n) is 0. The van der Waals surface area contributed by atoms with E-state index in [0.29, 0.717) is 0 Å². The van der Waals surface area contributed by atoms with Gasteiger partial charge in [0.15, 0.2) is 0 Å². The Kier molecular flexibility index (Phi) is 0.524. The molecule has 1 N–H and O–H groups in total. The standard InChI is InChI=1S/HNO3/c2-1(3)4/h(H,2,3,4)/i2+2,3+2,4+2. The van der Waals surface area contributed by atoms with Crippen LogP contribution >= 0.6 is 0 Å². The normalized spacial score (nSPS) is 6.00. The van der Waals surface area contributed by atoms with Gasteiger partial charge in [0.1, 0.15) is 0 Å². The monoisotopic (exact) mass is 69.0 g/mol. The molecule has 0 aromatic heterocycles. The van der Waals surface area contributed by atoms with Crippen molar-refractivity contribution in [2.24, 2.45) is 0 Å². The van der Waals surface area contributed by atoms with Crippen LogP contribution in [-0.2, 0) is 0 Å². The average Bonchev–Trinajstić information content (AvgIpc) is 0.811. The maximum Gasteiger partial charge on any atom is 0.291 e. The zero-order valence-corrected chi connectivity index (χ0v) is 1.71. The Balaban J connectivity index is 2.80. The summed E-state index contributed by atoms with van der Waals surface area (Å²) in [5.74, 6) is 0. The lowest BCUT2D eigenvalue weighted by molar-refractivity contribution is -0.742. The first kappa shape index (κ1) is 3.20. The molecule has 4 heteroatoms. The molecule has 4 nitrogen and oxygen atoms in total. The van der Waals surface area contributed by atoms with Crippen LogP contribution in [-0.4, -0.2) is 10.3 Å². The maximum atomic E-state index is 8.36. The second-order valence-electron chi connectivity index (χ2n) is 0.238. The topological polar surface area (TPSA) is 63.4 Å². The highest BCUT2D eigenvalue weighted by atomic mass is 18.6. The van der Waals surface area contributed by atoms with Crippen molar-refractivity contribution in [2.45, 2.75) is 0 Å². The summed E-state index contributed by atoms with van der Waals surface area (Å²) < 4.78 is 0. The van der Waals surface area contributed by atoms with E-state index in [-0.39, 0.29) is 0 Å². The summed E-state index contributed by atoms with van der Waals surface area (Å²) in [5.41, 5.74) is 0. The van der Waals surface area contributed by atoms with E-state index in [1.54, 1.807) is 0 Å². The van der Waals surface area contributed by atoms with Crippen molar-refractivity contribution in [1.29, 1.82) is 0 Å². The van der Waals surface area contributed by atoms with Crippen molar-refractivity contribution >= 4 is 0 Å². The molecule has 0 aromatic rings. The Bertz CT molecular complexity index is 26.3. The van der Waals surface area contributed by atoms with Gasteiger partial charge in [-0.25, -0.2) is 0 Å². The van der Waals surface area contributed by atoms with Crippen LogP contribution in [0.3, 0.4) is 0 Å². The van der Waals surface area contributed by atoms with Crippen LogP contribution in [0.25, 0.3) is 0 Å². The highest BCUT2D eigenvalue weighted by molar-refractivity contribution is 3.83. The summed E-state index contributed by atoms with van der Waals surface area (Å²) in [5, 5.41) is 13.6. The third kappa shape index (κ3) is 0.0750. The summed E-state index contributed by atoms with van der Waals surface area (Å²) in [6, 6.07) is 0. The van der Waals surface area contributed by atoms with E-state index in [1.165, 1.54) is 0 Å². The molecule has 0 unspecified atom stereocenters. The fraction of sp³-hybridized carbons (Fsp3) is 0. The third-order valence-corrected chi connectivity index (χ3v) is 0. The minimum absolute atomic E-state index is 1.50. The first-order valence-electron chi connectivity index (χ1n) is 0.565. The van der Waals surface area contributed by atoms with Crippen molar-refractivity contribution in [3.05, 3.63) is 10.1 Å². The van der Waals surface area contributed by atoms with Crippen molar-refractivity contribution in [3.63, 3.8) is 0 Å². The summed E-state index contributed by atoms with van der Waals surface area (Å²) >= 11 is 0. The van der Waals surface area contributed by atoms with Crippen molar-refractivity contribution < 1.29 is 10.3 Å². The predicted molar refractivity (Wildman–Crippen MR) is 8.78 cm³/mol. The van der Waals surface area contributed by atoms with Crippen molar-refractivity contribution in [1.82, 2.24) is 0 Å². The average molecular weight is 69.0 g/mol. The summed E-state index contributed by atoms with van der Waals surface area (Å²) in [6.07, 6.45) is 0. The number of hydrogen-bond donors (Lipinski definition) is 1. The van der Waals surface area contributed by atoms with Gasteiger partial charge in [0.25, 0.3) is 5.09 Å². The molecule has 0 atom stereocenters. The molecule has 4 heavy (non-hydrogen) atoms. The molecular formula is HNO3. The smallest absolute Gasteiger partial charge is 0.291 e. The molecule has 0 amide bonds. The van der Waals surface area contributed by atoms with Gasteiger partial charge in [-0.1, -0.05) is 0 Å². The molecule has 0 saturated heterocycles. The minimum Gasteiger partial charge on any atom is -0.328 e. The second-order valence-corrected chi connectivity index (χ2v) is 0.238. The zero-order valence-electron chi connectivity index (χ0n) is 1.71. The Morgan fingerprint density at radius 2 is 2.00 bits per heavy atom. The molecule has 24 valence electrons. The Morgan fingerprint density at radius 1 is 2.00 bits per heavy atom. The largest absolute Gasteiger partial charge is 0.328 e. The van der Waals surface area contributed by atoms with Gasteiger partial charge in [-0.3, -0.25) is 0 Å². The van der Waals surface area contributed by atoms with E-state index in [2.05, 4.69) is 0 Å². The van der Waals surface area contributed by atoms with Gasteiger partial charge in [-0.05, 0) is 0 Å². The predicted octanol–water partition coefficient (Wildman–Crippen LogP) is -0.348. The molecule has 0 spiro atoms. The van der Waals surface area contributed by atoms with Crippen molar-refractivity contribution in [2.75, 3.05) is 0 Å². The highest BCUT2D eigenvalue weighted by Crippen LogP contribution is 1.38. The van der Waals surface area contributed by atoms with Gasteiger partial charge >= 0.3 is 0 Å². The lowest BCUT2D eigenvalue weighted by Gasteiger charge is -1.56. The molecule has 0 aromatic carbocycles. The van der Waals surface area contributed by atoms with Crippen LogP contribution in [0.2, 0.25) is 0 Å². The summed E-state index contributed by atoms with van der Waals surface area (Å²) in [7, 11) is 0. The first-order valence-corrected chi connectivity index (χ1v) is 0.565. The molecule has 0 rings (SSSR count). The SMILES string of the molecule is [18O]=[N+]([18O-])[18OH]. The van der Waals surface area contributed by atoms with Gasteiger partial charge < -0.3 is 5.21 Å². The van der Waals surface area contributed by atoms with Crippen LogP contribution in [0.15, 0.2) is 0 Å². The van der Waals surface area contributed by atoms with Crippen LogP contribution in [0.4, 0.5) is 0 Å².